The molecule has 0 aromatic carbocycles. The number of halogens is 1. The van der Waals surface area contributed by atoms with Crippen molar-refractivity contribution in [1.29, 1.82) is 0 Å². The van der Waals surface area contributed by atoms with Crippen molar-refractivity contribution in [2.75, 3.05) is 13.7 Å². The van der Waals surface area contributed by atoms with Gasteiger partial charge in [0.25, 0.3) is 5.88 Å². The van der Waals surface area contributed by atoms with E-state index in [1.807, 2.05) is 0 Å². The summed E-state index contributed by atoms with van der Waals surface area (Å²) in [4.78, 5) is 4.03. The lowest BCUT2D eigenvalue weighted by molar-refractivity contribution is 0.114. The minimum absolute atomic E-state index is 0.0711. The Balaban J connectivity index is 2.79. The molecule has 0 aliphatic carbocycles. The van der Waals surface area contributed by atoms with Crippen LogP contribution in [-0.2, 0) is 6.54 Å². The molecule has 16 heavy (non-hydrogen) atoms. The van der Waals surface area contributed by atoms with E-state index in [9.17, 15) is 4.39 Å². The van der Waals surface area contributed by atoms with Gasteiger partial charge in [-0.3, -0.25) is 0 Å². The number of pyridine rings is 1. The van der Waals surface area contributed by atoms with Gasteiger partial charge >= 0.3 is 0 Å². The first kappa shape index (κ1) is 12.7. The van der Waals surface area contributed by atoms with Crippen molar-refractivity contribution in [2.24, 2.45) is 5.73 Å². The maximum atomic E-state index is 13.2. The largest absolute Gasteiger partial charge is 0.491 e. The zero-order valence-electron chi connectivity index (χ0n) is 9.79. The zero-order valence-corrected chi connectivity index (χ0v) is 9.79. The van der Waals surface area contributed by atoms with Gasteiger partial charge < -0.3 is 15.2 Å². The third-order valence-corrected chi connectivity index (χ3v) is 1.88. The fourth-order valence-corrected chi connectivity index (χ4v) is 1.08. The Kier molecular flexibility index (Phi) is 4.06. The quantitative estimate of drug-likeness (QED) is 0.833. The summed E-state index contributed by atoms with van der Waals surface area (Å²) in [6.07, 6.45) is 1.59. The second-order valence-corrected chi connectivity index (χ2v) is 4.06. The van der Waals surface area contributed by atoms with Crippen LogP contribution in [0.2, 0.25) is 0 Å². The minimum atomic E-state index is -1.40. The molecule has 0 radical (unpaired) electrons. The van der Waals surface area contributed by atoms with Crippen LogP contribution in [0, 0.1) is 0 Å². The summed E-state index contributed by atoms with van der Waals surface area (Å²) in [5.41, 5.74) is 4.90. The van der Waals surface area contributed by atoms with E-state index in [2.05, 4.69) is 4.98 Å². The zero-order chi connectivity index (χ0) is 12.2. The molecule has 0 unspecified atom stereocenters. The third-order valence-electron chi connectivity index (χ3n) is 1.88. The molecule has 1 heterocycles. The van der Waals surface area contributed by atoms with Gasteiger partial charge in [-0.05, 0) is 25.5 Å². The van der Waals surface area contributed by atoms with Crippen molar-refractivity contribution >= 4 is 0 Å². The van der Waals surface area contributed by atoms with Crippen LogP contribution in [0.3, 0.4) is 0 Å². The van der Waals surface area contributed by atoms with Gasteiger partial charge in [0.05, 0.1) is 7.11 Å². The average molecular weight is 228 g/mol. The Labute approximate surface area is 94.6 Å². The number of nitrogens with two attached hydrogens (primary N) is 1. The summed E-state index contributed by atoms with van der Waals surface area (Å²) < 4.78 is 23.6. The molecule has 90 valence electrons. The first-order valence-corrected chi connectivity index (χ1v) is 5.01. The first-order valence-electron chi connectivity index (χ1n) is 5.01. The molecule has 0 atom stereocenters. The van der Waals surface area contributed by atoms with Crippen molar-refractivity contribution in [2.45, 2.75) is 26.1 Å². The van der Waals surface area contributed by atoms with E-state index in [0.717, 1.165) is 5.56 Å². The lowest BCUT2D eigenvalue weighted by Gasteiger charge is -2.16. The normalized spacial score (nSPS) is 11.3. The maximum absolute atomic E-state index is 13.2. The van der Waals surface area contributed by atoms with Crippen molar-refractivity contribution in [3.8, 4) is 11.6 Å². The van der Waals surface area contributed by atoms with Crippen molar-refractivity contribution in [3.05, 3.63) is 17.8 Å². The molecule has 0 spiro atoms. The van der Waals surface area contributed by atoms with Gasteiger partial charge in [0.1, 0.15) is 12.3 Å². The molecule has 5 heteroatoms. The molecule has 0 aliphatic heterocycles. The molecular weight excluding hydrogens is 211 g/mol. The van der Waals surface area contributed by atoms with E-state index in [0.29, 0.717) is 12.3 Å². The summed E-state index contributed by atoms with van der Waals surface area (Å²) in [5, 5.41) is 0. The maximum Gasteiger partial charge on any atom is 0.257 e. The van der Waals surface area contributed by atoms with Gasteiger partial charge in [-0.15, -0.1) is 0 Å². The SMILES string of the molecule is COc1cc(CN)cnc1OCC(C)(C)F. The lowest BCUT2D eigenvalue weighted by atomic mass is 10.2. The Hall–Kier alpha value is -1.36. The van der Waals surface area contributed by atoms with Crippen LogP contribution in [-0.4, -0.2) is 24.4 Å². The highest BCUT2D eigenvalue weighted by molar-refractivity contribution is 5.36. The van der Waals surface area contributed by atoms with Crippen LogP contribution in [0.4, 0.5) is 4.39 Å². The van der Waals surface area contributed by atoms with E-state index < -0.39 is 5.67 Å². The van der Waals surface area contributed by atoms with Gasteiger partial charge in [0.2, 0.25) is 0 Å². The molecule has 1 aromatic heterocycles. The summed E-state index contributed by atoms with van der Waals surface area (Å²) in [6, 6.07) is 1.73. The smallest absolute Gasteiger partial charge is 0.257 e. The first-order chi connectivity index (χ1) is 7.46. The number of nitrogens with zero attached hydrogens (tertiary/aromatic N) is 1. The van der Waals surface area contributed by atoms with Crippen LogP contribution >= 0.6 is 0 Å². The highest BCUT2D eigenvalue weighted by atomic mass is 19.1. The molecule has 4 nitrogen and oxygen atoms in total. The van der Waals surface area contributed by atoms with Crippen LogP contribution in [0.5, 0.6) is 11.6 Å². The van der Waals surface area contributed by atoms with E-state index in [4.69, 9.17) is 15.2 Å². The summed E-state index contributed by atoms with van der Waals surface area (Å²) in [7, 11) is 1.50. The number of hydrogen-bond acceptors (Lipinski definition) is 4. The van der Waals surface area contributed by atoms with Crippen LogP contribution < -0.4 is 15.2 Å². The van der Waals surface area contributed by atoms with E-state index in [1.54, 1.807) is 12.3 Å². The van der Waals surface area contributed by atoms with Crippen molar-refractivity contribution in [1.82, 2.24) is 4.98 Å². The molecule has 0 aliphatic rings. The Morgan fingerprint density at radius 3 is 2.69 bits per heavy atom. The van der Waals surface area contributed by atoms with Gasteiger partial charge in [0.15, 0.2) is 5.75 Å². The van der Waals surface area contributed by atoms with E-state index in [-0.39, 0.29) is 12.5 Å². The molecular formula is C11H17FN2O2. The highest BCUT2D eigenvalue weighted by Crippen LogP contribution is 2.26. The second kappa shape index (κ2) is 5.12. The molecule has 1 rings (SSSR count). The Morgan fingerprint density at radius 2 is 2.19 bits per heavy atom. The Morgan fingerprint density at radius 1 is 1.50 bits per heavy atom. The molecule has 0 amide bonds. The molecule has 1 aromatic rings. The number of hydrogen-bond donors (Lipinski definition) is 1. The molecule has 2 N–H and O–H groups in total. The second-order valence-electron chi connectivity index (χ2n) is 4.06. The van der Waals surface area contributed by atoms with Crippen LogP contribution in [0.1, 0.15) is 19.4 Å². The molecule has 0 fully saturated rings. The van der Waals surface area contributed by atoms with E-state index in [1.165, 1.54) is 21.0 Å². The summed E-state index contributed by atoms with van der Waals surface area (Å²) in [6.45, 7) is 3.18. The summed E-state index contributed by atoms with van der Waals surface area (Å²) in [5.74, 6) is 0.748. The molecule has 0 bridgehead atoms. The van der Waals surface area contributed by atoms with Gasteiger partial charge in [-0.1, -0.05) is 0 Å². The number of aromatic nitrogens is 1. The minimum Gasteiger partial charge on any atom is -0.491 e. The van der Waals surface area contributed by atoms with Crippen LogP contribution in [0.25, 0.3) is 0 Å². The van der Waals surface area contributed by atoms with Gasteiger partial charge in [-0.2, -0.15) is 0 Å². The molecule has 0 saturated heterocycles. The van der Waals surface area contributed by atoms with Crippen LogP contribution in [0.15, 0.2) is 12.3 Å². The number of methoxy groups -OCH3 is 1. The number of rotatable bonds is 5. The lowest BCUT2D eigenvalue weighted by Crippen LogP contribution is -2.23. The molecule has 0 saturated carbocycles. The average Bonchev–Trinajstić information content (AvgIpc) is 2.25. The topological polar surface area (TPSA) is 57.4 Å². The van der Waals surface area contributed by atoms with Gasteiger partial charge in [0, 0.05) is 12.7 Å². The number of alkyl halides is 1. The fraction of sp³-hybridized carbons (Fsp3) is 0.545. The monoisotopic (exact) mass is 228 g/mol. The third kappa shape index (κ3) is 3.66. The van der Waals surface area contributed by atoms with Gasteiger partial charge in [-0.25, -0.2) is 9.37 Å². The van der Waals surface area contributed by atoms with E-state index >= 15 is 0 Å². The Bertz CT molecular complexity index is 350. The predicted molar refractivity (Wildman–Crippen MR) is 59.4 cm³/mol. The highest BCUT2D eigenvalue weighted by Gasteiger charge is 2.18. The fourth-order valence-electron chi connectivity index (χ4n) is 1.08. The van der Waals surface area contributed by atoms with Crippen molar-refractivity contribution in [3.63, 3.8) is 0 Å². The van der Waals surface area contributed by atoms with Crippen molar-refractivity contribution < 1.29 is 13.9 Å². The standard InChI is InChI=1S/C11H17FN2O2/c1-11(2,12)7-16-10-9(15-3)4-8(5-13)6-14-10/h4,6H,5,7,13H2,1-3H3. The summed E-state index contributed by atoms with van der Waals surface area (Å²) >= 11 is 0. The number of ether oxygens (including phenoxy) is 2. The predicted octanol–water partition coefficient (Wildman–Crippen LogP) is 1.68.